The average molecular weight is 595 g/mol. The Hall–Kier alpha value is -3.23. The summed E-state index contributed by atoms with van der Waals surface area (Å²) in [5.74, 6) is 1.26. The highest BCUT2D eigenvalue weighted by Crippen LogP contribution is 2.44. The molecule has 2 nitrogen and oxygen atoms in total. The van der Waals surface area contributed by atoms with Crippen molar-refractivity contribution in [1.29, 1.82) is 0 Å². The van der Waals surface area contributed by atoms with Gasteiger partial charge in [0.1, 0.15) is 6.10 Å². The zero-order valence-electron chi connectivity index (χ0n) is 29.6. The molecule has 0 heterocycles. The third-order valence-corrected chi connectivity index (χ3v) is 8.83. The molecule has 2 aliphatic carbocycles. The van der Waals surface area contributed by atoms with Gasteiger partial charge in [-0.15, -0.1) is 0 Å². The second-order valence-corrected chi connectivity index (χ2v) is 14.2. The molecule has 0 N–H and O–H groups in total. The molecule has 0 saturated carbocycles. The summed E-state index contributed by atoms with van der Waals surface area (Å²) in [6.07, 6.45) is 34.0. The largest absolute Gasteiger partial charge is 0.373 e. The summed E-state index contributed by atoms with van der Waals surface area (Å²) in [6, 6.07) is 0. The summed E-state index contributed by atoms with van der Waals surface area (Å²) in [4.78, 5) is 12.6. The lowest BCUT2D eigenvalue weighted by molar-refractivity contribution is -0.127. The molecule has 238 valence electrons. The first-order valence-electron chi connectivity index (χ1n) is 16.1. The topological polar surface area (TPSA) is 26.3 Å². The van der Waals surface area contributed by atoms with E-state index in [0.29, 0.717) is 23.7 Å². The van der Waals surface area contributed by atoms with Crippen LogP contribution in [0.3, 0.4) is 0 Å². The second kappa shape index (κ2) is 16.7. The minimum atomic E-state index is -0.342. The van der Waals surface area contributed by atoms with Gasteiger partial charge in [0.15, 0.2) is 5.78 Å². The molecule has 0 fully saturated rings. The lowest BCUT2D eigenvalue weighted by Crippen LogP contribution is -2.37. The van der Waals surface area contributed by atoms with Crippen LogP contribution in [-0.2, 0) is 9.53 Å². The van der Waals surface area contributed by atoms with Gasteiger partial charge in [-0.05, 0) is 82.3 Å². The zero-order chi connectivity index (χ0) is 33.1. The predicted molar refractivity (Wildman–Crippen MR) is 192 cm³/mol. The summed E-state index contributed by atoms with van der Waals surface area (Å²) in [6.45, 7) is 24.1. The Labute approximate surface area is 269 Å². The van der Waals surface area contributed by atoms with Gasteiger partial charge in [0.25, 0.3) is 0 Å². The summed E-state index contributed by atoms with van der Waals surface area (Å²) in [7, 11) is 1.62. The lowest BCUT2D eigenvalue weighted by Gasteiger charge is -2.39. The molecular weight excluding hydrogens is 536 g/mol. The van der Waals surface area contributed by atoms with Crippen LogP contribution in [0.5, 0.6) is 0 Å². The van der Waals surface area contributed by atoms with E-state index in [9.17, 15) is 4.79 Å². The first-order valence-corrected chi connectivity index (χ1v) is 16.1. The summed E-state index contributed by atoms with van der Waals surface area (Å²) < 4.78 is 5.41. The van der Waals surface area contributed by atoms with Crippen molar-refractivity contribution in [3.05, 3.63) is 130 Å². The molecule has 0 amide bonds. The zero-order valence-corrected chi connectivity index (χ0v) is 29.6. The van der Waals surface area contributed by atoms with E-state index in [4.69, 9.17) is 4.74 Å². The summed E-state index contributed by atoms with van der Waals surface area (Å²) >= 11 is 0. The van der Waals surface area contributed by atoms with E-state index in [-0.39, 0.29) is 17.3 Å². The Morgan fingerprint density at radius 3 is 1.80 bits per heavy atom. The number of hydrogen-bond acceptors (Lipinski definition) is 2. The van der Waals surface area contributed by atoms with Crippen LogP contribution >= 0.6 is 0 Å². The van der Waals surface area contributed by atoms with Crippen LogP contribution in [0, 0.1) is 22.7 Å². The first kappa shape index (κ1) is 37.0. The highest BCUT2D eigenvalue weighted by atomic mass is 16.5. The lowest BCUT2D eigenvalue weighted by atomic mass is 9.66. The number of Topliss-reactive ketones (excluding diaryl/α,β-unsaturated/α-hetero) is 1. The van der Waals surface area contributed by atoms with E-state index in [2.05, 4.69) is 160 Å². The van der Waals surface area contributed by atoms with Crippen molar-refractivity contribution in [3.63, 3.8) is 0 Å². The van der Waals surface area contributed by atoms with Crippen molar-refractivity contribution in [1.82, 2.24) is 0 Å². The summed E-state index contributed by atoms with van der Waals surface area (Å²) in [5, 5.41) is 0. The maximum Gasteiger partial charge on any atom is 0.187 e. The molecule has 3 atom stereocenters. The predicted octanol–water partition coefficient (Wildman–Crippen LogP) is 11.5. The number of ether oxygens (including phenoxy) is 1. The van der Waals surface area contributed by atoms with Crippen LogP contribution in [0.2, 0.25) is 0 Å². The third kappa shape index (κ3) is 11.4. The van der Waals surface area contributed by atoms with Gasteiger partial charge in [0, 0.05) is 13.0 Å². The van der Waals surface area contributed by atoms with Crippen molar-refractivity contribution in [3.8, 4) is 0 Å². The second-order valence-electron chi connectivity index (χ2n) is 14.2. The number of hydrogen-bond donors (Lipinski definition) is 0. The smallest absolute Gasteiger partial charge is 0.187 e. The minimum absolute atomic E-state index is 0.0967. The molecule has 0 aromatic rings. The standard InChI is InChI=1S/C42H58O2/c1-30(19-15-21-32(3)23-25-37-35(6)27-34(5)28-41(37,8)9)17-13-14-18-31(2)20-16-22-33(4)24-26-38-36(7)40(43)39(44-12)29-42(38,10)11/h13-27,34,37,39H,28-29H2,1-12H3/b14-13+,19-15+,20-16+,25-23+,26-24+,30-17+,31-18+,32-21+,33-22+/t34?,37?,39-/m0/s1. The fourth-order valence-corrected chi connectivity index (χ4v) is 6.49. The Bertz CT molecular complexity index is 1370. The van der Waals surface area contributed by atoms with Crippen LogP contribution in [0.15, 0.2) is 130 Å². The monoisotopic (exact) mass is 594 g/mol. The third-order valence-electron chi connectivity index (χ3n) is 8.83. The van der Waals surface area contributed by atoms with E-state index < -0.39 is 0 Å². The van der Waals surface area contributed by atoms with E-state index in [1.165, 1.54) is 28.7 Å². The Morgan fingerprint density at radius 1 is 0.773 bits per heavy atom. The van der Waals surface area contributed by atoms with Crippen molar-refractivity contribution in [2.45, 2.75) is 95.1 Å². The number of rotatable bonds is 11. The van der Waals surface area contributed by atoms with Gasteiger partial charge in [-0.25, -0.2) is 0 Å². The van der Waals surface area contributed by atoms with Crippen LogP contribution < -0.4 is 0 Å². The van der Waals surface area contributed by atoms with Gasteiger partial charge in [0.05, 0.1) is 0 Å². The van der Waals surface area contributed by atoms with E-state index in [0.717, 1.165) is 16.7 Å². The van der Waals surface area contributed by atoms with E-state index in [1.807, 2.05) is 6.92 Å². The molecule has 0 saturated heterocycles. The average Bonchev–Trinajstić information content (AvgIpc) is 2.91. The highest BCUT2D eigenvalue weighted by Gasteiger charge is 2.37. The van der Waals surface area contributed by atoms with E-state index in [1.54, 1.807) is 7.11 Å². The van der Waals surface area contributed by atoms with Gasteiger partial charge in [-0.1, -0.05) is 154 Å². The van der Waals surface area contributed by atoms with Crippen molar-refractivity contribution in [2.24, 2.45) is 22.7 Å². The molecule has 0 spiro atoms. The van der Waals surface area contributed by atoms with Crippen LogP contribution in [-0.4, -0.2) is 19.0 Å². The number of ketones is 1. The maximum absolute atomic E-state index is 12.6. The van der Waals surface area contributed by atoms with Crippen molar-refractivity contribution >= 4 is 5.78 Å². The molecule has 0 aromatic carbocycles. The van der Waals surface area contributed by atoms with Crippen LogP contribution in [0.25, 0.3) is 0 Å². The summed E-state index contributed by atoms with van der Waals surface area (Å²) in [5.41, 5.74) is 8.35. The van der Waals surface area contributed by atoms with Gasteiger partial charge in [0.2, 0.25) is 0 Å². The molecule has 0 bridgehead atoms. The Balaban J connectivity index is 1.93. The van der Waals surface area contributed by atoms with Gasteiger partial charge < -0.3 is 4.74 Å². The molecule has 2 rings (SSSR count). The number of allylic oxidation sites excluding steroid dienone is 21. The van der Waals surface area contributed by atoms with Gasteiger partial charge >= 0.3 is 0 Å². The Morgan fingerprint density at radius 2 is 1.27 bits per heavy atom. The van der Waals surface area contributed by atoms with Gasteiger partial charge in [-0.2, -0.15) is 0 Å². The van der Waals surface area contributed by atoms with Crippen molar-refractivity contribution < 1.29 is 9.53 Å². The molecule has 2 heteroatoms. The van der Waals surface area contributed by atoms with Crippen molar-refractivity contribution in [2.75, 3.05) is 7.11 Å². The molecule has 0 aliphatic heterocycles. The fraction of sp³-hybridized carbons (Fsp3) is 0.452. The quantitative estimate of drug-likeness (QED) is 0.176. The molecule has 2 unspecified atom stereocenters. The Kier molecular flexibility index (Phi) is 14.1. The van der Waals surface area contributed by atoms with Gasteiger partial charge in [-0.3, -0.25) is 4.79 Å². The van der Waals surface area contributed by atoms with Crippen LogP contribution in [0.4, 0.5) is 0 Å². The molecule has 0 radical (unpaired) electrons. The number of carbonyl (C=O) groups excluding carboxylic acids is 1. The van der Waals surface area contributed by atoms with Crippen LogP contribution in [0.1, 0.15) is 89.0 Å². The molecular formula is C42H58O2. The highest BCUT2D eigenvalue weighted by molar-refractivity contribution is 6.00. The molecule has 44 heavy (non-hydrogen) atoms. The SMILES string of the molecule is CO[C@H]1CC(C)(C)C(/C=C/C(C)=C/C=C/C(C)=C/C=C/C=C(C)/C=C/C=C(C)/C=C/C2C(C)=CC(C)CC2(C)C)=C(C)C1=O. The number of methoxy groups -OCH3 is 1. The molecule has 0 aromatic heterocycles. The molecule has 2 aliphatic rings. The minimum Gasteiger partial charge on any atom is -0.373 e. The van der Waals surface area contributed by atoms with E-state index >= 15 is 0 Å². The fourth-order valence-electron chi connectivity index (χ4n) is 6.49. The maximum atomic E-state index is 12.6. The normalized spacial score (nSPS) is 26.0. The first-order chi connectivity index (χ1) is 20.6. The number of carbonyl (C=O) groups is 1.